The number of hydrogen-bond acceptors (Lipinski definition) is 3. The third kappa shape index (κ3) is 4.17. The van der Waals surface area contributed by atoms with Crippen molar-refractivity contribution in [1.82, 2.24) is 8.61 Å². The molecule has 70 valence electrons. The van der Waals surface area contributed by atoms with Gasteiger partial charge in [0.15, 0.2) is 0 Å². The summed E-state index contributed by atoms with van der Waals surface area (Å²) in [4.78, 5) is 20.4. The van der Waals surface area contributed by atoms with E-state index in [9.17, 15) is 14.0 Å². The molecule has 6 heteroatoms. The van der Waals surface area contributed by atoms with E-state index in [4.69, 9.17) is 0 Å². The number of carbonyl (C=O) groups is 2. The number of halogens is 1. The van der Waals surface area contributed by atoms with Crippen molar-refractivity contribution in [2.45, 2.75) is 13.3 Å². The molecule has 0 spiro atoms. The Morgan fingerprint density at radius 3 is 2.58 bits per heavy atom. The summed E-state index contributed by atoms with van der Waals surface area (Å²) < 4.78 is 14.0. The molecule has 0 fully saturated rings. The maximum atomic E-state index is 12.0. The standard InChI is InChI=1S/C6H11FN2O2S/c1-3-4-9(5-10)12-8(2)6(7)11/h5H,3-4H2,1-2H3. The van der Waals surface area contributed by atoms with E-state index in [-0.39, 0.29) is 0 Å². The smallest absolute Gasteiger partial charge is 0.278 e. The second-order valence-corrected chi connectivity index (χ2v) is 3.26. The Morgan fingerprint density at radius 1 is 1.67 bits per heavy atom. The maximum Gasteiger partial charge on any atom is 0.411 e. The molecule has 0 aliphatic rings. The predicted octanol–water partition coefficient (Wildman–Crippen LogP) is 1.44. The minimum Gasteiger partial charge on any atom is -0.278 e. The highest BCUT2D eigenvalue weighted by molar-refractivity contribution is 7.95. The molecule has 0 aliphatic carbocycles. The van der Waals surface area contributed by atoms with Crippen molar-refractivity contribution in [3.05, 3.63) is 0 Å². The van der Waals surface area contributed by atoms with E-state index in [0.29, 0.717) is 13.0 Å². The molecule has 12 heavy (non-hydrogen) atoms. The van der Waals surface area contributed by atoms with Crippen LogP contribution in [-0.2, 0) is 4.79 Å². The number of nitrogens with zero attached hydrogens (tertiary/aromatic N) is 2. The Bertz CT molecular complexity index is 168. The second-order valence-electron chi connectivity index (χ2n) is 2.08. The average molecular weight is 194 g/mol. The van der Waals surface area contributed by atoms with Gasteiger partial charge in [-0.1, -0.05) is 6.92 Å². The van der Waals surface area contributed by atoms with E-state index < -0.39 is 6.16 Å². The zero-order chi connectivity index (χ0) is 9.56. The van der Waals surface area contributed by atoms with Crippen LogP contribution in [0.5, 0.6) is 0 Å². The zero-order valence-electron chi connectivity index (χ0n) is 6.99. The summed E-state index contributed by atoms with van der Waals surface area (Å²) in [6.45, 7) is 2.38. The number of rotatable bonds is 5. The summed E-state index contributed by atoms with van der Waals surface area (Å²) in [6.07, 6.45) is -0.240. The molecule has 0 aromatic heterocycles. The average Bonchev–Trinajstić information content (AvgIpc) is 2.03. The highest BCUT2D eigenvalue weighted by Crippen LogP contribution is 2.13. The lowest BCUT2D eigenvalue weighted by Gasteiger charge is -2.18. The molecule has 4 nitrogen and oxygen atoms in total. The van der Waals surface area contributed by atoms with Gasteiger partial charge < -0.3 is 0 Å². The lowest BCUT2D eigenvalue weighted by molar-refractivity contribution is -0.113. The van der Waals surface area contributed by atoms with Gasteiger partial charge in [0.25, 0.3) is 0 Å². The normalized spacial score (nSPS) is 9.25. The van der Waals surface area contributed by atoms with Crippen LogP contribution < -0.4 is 0 Å². The fourth-order valence-corrected chi connectivity index (χ4v) is 1.20. The topological polar surface area (TPSA) is 40.6 Å². The van der Waals surface area contributed by atoms with Crippen molar-refractivity contribution in [3.8, 4) is 0 Å². The highest BCUT2D eigenvalue weighted by Gasteiger charge is 2.11. The Kier molecular flexibility index (Phi) is 5.44. The molecule has 0 saturated heterocycles. The van der Waals surface area contributed by atoms with Gasteiger partial charge in [-0.2, -0.15) is 0 Å². The minimum absolute atomic E-state index is 0.492. The molecule has 0 rings (SSSR count). The van der Waals surface area contributed by atoms with Crippen molar-refractivity contribution in [2.24, 2.45) is 0 Å². The zero-order valence-corrected chi connectivity index (χ0v) is 7.81. The van der Waals surface area contributed by atoms with Crippen molar-refractivity contribution < 1.29 is 14.0 Å². The second kappa shape index (κ2) is 5.82. The maximum absolute atomic E-state index is 12.0. The van der Waals surface area contributed by atoms with Gasteiger partial charge in [-0.25, -0.2) is 9.10 Å². The molecule has 0 N–H and O–H groups in total. The van der Waals surface area contributed by atoms with Gasteiger partial charge in [-0.05, 0) is 6.42 Å². The van der Waals surface area contributed by atoms with E-state index in [1.807, 2.05) is 6.92 Å². The largest absolute Gasteiger partial charge is 0.411 e. The summed E-state index contributed by atoms with van der Waals surface area (Å²) in [5, 5.41) is 0. The molecular formula is C6H11FN2O2S. The number of amides is 2. The monoisotopic (exact) mass is 194 g/mol. The van der Waals surface area contributed by atoms with E-state index in [0.717, 1.165) is 22.9 Å². The number of carbonyl (C=O) groups excluding carboxylic acids is 2. The first-order chi connectivity index (χ1) is 5.61. The van der Waals surface area contributed by atoms with Crippen LogP contribution >= 0.6 is 12.1 Å². The fraction of sp³-hybridized carbons (Fsp3) is 0.667. The van der Waals surface area contributed by atoms with E-state index in [1.165, 1.54) is 11.4 Å². The molecule has 0 radical (unpaired) electrons. The summed E-state index contributed by atoms with van der Waals surface area (Å²) in [5.74, 6) is 0. The van der Waals surface area contributed by atoms with Crippen LogP contribution in [0.3, 0.4) is 0 Å². The third-order valence-electron chi connectivity index (χ3n) is 1.04. The van der Waals surface area contributed by atoms with Crippen LogP contribution in [0.1, 0.15) is 13.3 Å². The molecule has 2 amide bonds. The van der Waals surface area contributed by atoms with Crippen LogP contribution in [0.2, 0.25) is 0 Å². The van der Waals surface area contributed by atoms with Crippen LogP contribution in [0.15, 0.2) is 0 Å². The van der Waals surface area contributed by atoms with Gasteiger partial charge in [0.2, 0.25) is 6.41 Å². The van der Waals surface area contributed by atoms with Crippen molar-refractivity contribution in [3.63, 3.8) is 0 Å². The van der Waals surface area contributed by atoms with Gasteiger partial charge >= 0.3 is 6.16 Å². The van der Waals surface area contributed by atoms with Gasteiger partial charge in [-0.3, -0.25) is 9.10 Å². The molecule has 0 heterocycles. The molecule has 0 aromatic rings. The summed E-state index contributed by atoms with van der Waals surface area (Å²) in [5.41, 5.74) is 0. The lowest BCUT2D eigenvalue weighted by atomic mass is 10.5. The lowest BCUT2D eigenvalue weighted by Crippen LogP contribution is -2.23. The number of hydrogen-bond donors (Lipinski definition) is 0. The summed E-state index contributed by atoms with van der Waals surface area (Å²) in [7, 11) is 1.26. The predicted molar refractivity (Wildman–Crippen MR) is 44.9 cm³/mol. The van der Waals surface area contributed by atoms with Gasteiger partial charge in [0, 0.05) is 13.6 Å². The van der Waals surface area contributed by atoms with E-state index in [1.54, 1.807) is 0 Å². The van der Waals surface area contributed by atoms with E-state index >= 15 is 0 Å². The van der Waals surface area contributed by atoms with E-state index in [2.05, 4.69) is 0 Å². The molecule has 0 aliphatic heterocycles. The van der Waals surface area contributed by atoms with Crippen molar-refractivity contribution in [2.75, 3.05) is 13.6 Å². The Labute approximate surface area is 75.0 Å². The quantitative estimate of drug-likeness (QED) is 0.288. The molecule has 0 saturated carbocycles. The molecular weight excluding hydrogens is 183 g/mol. The van der Waals surface area contributed by atoms with Gasteiger partial charge in [-0.15, -0.1) is 4.39 Å². The SMILES string of the molecule is CCCN(C=O)SN(C)C(=O)F. The molecule has 0 unspecified atom stereocenters. The molecule has 0 bridgehead atoms. The Morgan fingerprint density at radius 2 is 2.25 bits per heavy atom. The first kappa shape index (κ1) is 11.2. The van der Waals surface area contributed by atoms with Crippen LogP contribution in [-0.4, -0.2) is 34.8 Å². The first-order valence-electron chi connectivity index (χ1n) is 3.45. The van der Waals surface area contributed by atoms with Crippen LogP contribution in [0.25, 0.3) is 0 Å². The van der Waals surface area contributed by atoms with Gasteiger partial charge in [0.05, 0.1) is 12.1 Å². The van der Waals surface area contributed by atoms with Crippen molar-refractivity contribution in [1.29, 1.82) is 0 Å². The minimum atomic E-state index is -1.57. The van der Waals surface area contributed by atoms with Crippen molar-refractivity contribution >= 4 is 24.7 Å². The molecule has 0 atom stereocenters. The summed E-state index contributed by atoms with van der Waals surface area (Å²) in [6, 6.07) is 0. The highest BCUT2D eigenvalue weighted by atomic mass is 32.2. The van der Waals surface area contributed by atoms with Crippen LogP contribution in [0, 0.1) is 0 Å². The summed E-state index contributed by atoms with van der Waals surface area (Å²) >= 11 is 0.751. The first-order valence-corrected chi connectivity index (χ1v) is 4.18. The fourth-order valence-electron chi connectivity index (χ4n) is 0.523. The van der Waals surface area contributed by atoms with Crippen LogP contribution in [0.4, 0.5) is 9.18 Å². The Balaban J connectivity index is 3.84. The van der Waals surface area contributed by atoms with Gasteiger partial charge in [0.1, 0.15) is 0 Å². The molecule has 0 aromatic carbocycles. The third-order valence-corrected chi connectivity index (χ3v) is 1.90. The Hall–Kier alpha value is -0.780.